The van der Waals surface area contributed by atoms with Gasteiger partial charge in [-0.05, 0) is 37.5 Å². The molecule has 0 aromatic carbocycles. The molecule has 1 saturated heterocycles. The van der Waals surface area contributed by atoms with Gasteiger partial charge in [0, 0.05) is 6.42 Å². The van der Waals surface area contributed by atoms with Gasteiger partial charge in [-0.2, -0.15) is 0 Å². The number of hydrogen-bond donors (Lipinski definition) is 1. The Morgan fingerprint density at radius 1 is 1.25 bits per heavy atom. The molecule has 0 saturated carbocycles. The average Bonchev–Trinajstić information content (AvgIpc) is 2.35. The molecule has 0 aromatic heterocycles. The van der Waals surface area contributed by atoms with Gasteiger partial charge in [0.2, 0.25) is 5.24 Å². The molecule has 0 aromatic rings. The highest BCUT2D eigenvalue weighted by molar-refractivity contribution is 6.63. The van der Waals surface area contributed by atoms with Gasteiger partial charge in [0.05, 0.1) is 0 Å². The molecule has 12 heavy (non-hydrogen) atoms. The van der Waals surface area contributed by atoms with Crippen molar-refractivity contribution < 1.29 is 4.79 Å². The molecule has 0 unspecified atom stereocenters. The summed E-state index contributed by atoms with van der Waals surface area (Å²) < 4.78 is 0. The van der Waals surface area contributed by atoms with Crippen molar-refractivity contribution in [1.29, 1.82) is 0 Å². The van der Waals surface area contributed by atoms with E-state index >= 15 is 0 Å². The molecule has 3 heteroatoms. The Balaban J connectivity index is 0.000000217. The molecular weight excluding hydrogens is 174 g/mol. The lowest BCUT2D eigenvalue weighted by atomic mass is 10.2. The third-order valence-electron chi connectivity index (χ3n) is 1.74. The van der Waals surface area contributed by atoms with Crippen molar-refractivity contribution in [3.8, 4) is 0 Å². The summed E-state index contributed by atoms with van der Waals surface area (Å²) in [5.74, 6) is 0. The van der Waals surface area contributed by atoms with E-state index in [0.29, 0.717) is 6.42 Å². The van der Waals surface area contributed by atoms with E-state index < -0.39 is 0 Å². The molecule has 0 bridgehead atoms. The molecule has 1 aliphatic heterocycles. The molecule has 1 aliphatic rings. The van der Waals surface area contributed by atoms with Gasteiger partial charge in [0.25, 0.3) is 0 Å². The zero-order valence-corrected chi connectivity index (χ0v) is 8.49. The van der Waals surface area contributed by atoms with E-state index in [4.69, 9.17) is 11.6 Å². The molecule has 0 amide bonds. The Morgan fingerprint density at radius 2 is 1.67 bits per heavy atom. The fourth-order valence-corrected chi connectivity index (χ4v) is 0.979. The van der Waals surface area contributed by atoms with Crippen molar-refractivity contribution in [2.45, 2.75) is 39.0 Å². The van der Waals surface area contributed by atoms with Crippen LogP contribution in [0.2, 0.25) is 0 Å². The lowest BCUT2D eigenvalue weighted by Crippen LogP contribution is -2.12. The summed E-state index contributed by atoms with van der Waals surface area (Å²) in [6, 6.07) is 0. The maximum absolute atomic E-state index is 9.58. The summed E-state index contributed by atoms with van der Waals surface area (Å²) in [7, 11) is 0. The summed E-state index contributed by atoms with van der Waals surface area (Å²) in [4.78, 5) is 9.58. The SMILES string of the molecule is C1CCCNCC1.CCC(=O)Cl. The Labute approximate surface area is 79.7 Å². The molecule has 72 valence electrons. The number of halogens is 1. The zero-order valence-electron chi connectivity index (χ0n) is 7.74. The normalized spacial score (nSPS) is 17.2. The smallest absolute Gasteiger partial charge is 0.221 e. The van der Waals surface area contributed by atoms with Gasteiger partial charge < -0.3 is 5.32 Å². The Hall–Kier alpha value is -0.0800. The quantitative estimate of drug-likeness (QED) is 0.645. The van der Waals surface area contributed by atoms with Crippen molar-refractivity contribution in [3.05, 3.63) is 0 Å². The highest BCUT2D eigenvalue weighted by Gasteiger charge is 1.94. The van der Waals surface area contributed by atoms with Crippen molar-refractivity contribution in [2.75, 3.05) is 13.1 Å². The minimum Gasteiger partial charge on any atom is -0.317 e. The highest BCUT2D eigenvalue weighted by atomic mass is 35.5. The molecule has 2 nitrogen and oxygen atoms in total. The third kappa shape index (κ3) is 9.92. The first-order chi connectivity index (χ1) is 5.77. The second-order valence-corrected chi connectivity index (χ2v) is 3.29. The van der Waals surface area contributed by atoms with Crippen LogP contribution in [0.25, 0.3) is 0 Å². The van der Waals surface area contributed by atoms with Crippen LogP contribution in [0.5, 0.6) is 0 Å². The fraction of sp³-hybridized carbons (Fsp3) is 0.889. The van der Waals surface area contributed by atoms with E-state index in [1.54, 1.807) is 6.92 Å². The number of rotatable bonds is 1. The van der Waals surface area contributed by atoms with Crippen LogP contribution in [0.15, 0.2) is 0 Å². The number of carbonyl (C=O) groups excluding carboxylic acids is 1. The van der Waals surface area contributed by atoms with Gasteiger partial charge >= 0.3 is 0 Å². The summed E-state index contributed by atoms with van der Waals surface area (Å²) in [5, 5.41) is 3.07. The van der Waals surface area contributed by atoms with E-state index in [1.165, 1.54) is 38.8 Å². The predicted octanol–water partition coefficient (Wildman–Crippen LogP) is 2.31. The highest BCUT2D eigenvalue weighted by Crippen LogP contribution is 2.00. The molecule has 1 N–H and O–H groups in total. The minimum absolute atomic E-state index is 0.273. The molecule has 0 atom stereocenters. The molecule has 1 rings (SSSR count). The first-order valence-corrected chi connectivity index (χ1v) is 5.04. The number of hydrogen-bond acceptors (Lipinski definition) is 2. The van der Waals surface area contributed by atoms with Crippen LogP contribution in [0.1, 0.15) is 39.0 Å². The zero-order chi connectivity index (χ0) is 9.23. The van der Waals surface area contributed by atoms with Crippen LogP contribution >= 0.6 is 11.6 Å². The van der Waals surface area contributed by atoms with Crippen LogP contribution in [-0.4, -0.2) is 18.3 Å². The van der Waals surface area contributed by atoms with Gasteiger partial charge in [0.15, 0.2) is 0 Å². The number of carbonyl (C=O) groups is 1. The van der Waals surface area contributed by atoms with Crippen molar-refractivity contribution in [3.63, 3.8) is 0 Å². The Kier molecular flexibility index (Phi) is 8.95. The maximum atomic E-state index is 9.58. The molecular formula is C9H18ClNO. The monoisotopic (exact) mass is 191 g/mol. The van der Waals surface area contributed by atoms with Crippen LogP contribution in [0, 0.1) is 0 Å². The second-order valence-electron chi connectivity index (χ2n) is 2.87. The van der Waals surface area contributed by atoms with Gasteiger partial charge in [-0.1, -0.05) is 19.8 Å². The summed E-state index contributed by atoms with van der Waals surface area (Å²) in [6.07, 6.45) is 6.08. The van der Waals surface area contributed by atoms with Crippen molar-refractivity contribution in [2.24, 2.45) is 0 Å². The fourth-order valence-electron chi connectivity index (χ4n) is 0.979. The van der Waals surface area contributed by atoms with Gasteiger partial charge in [-0.15, -0.1) is 0 Å². The van der Waals surface area contributed by atoms with E-state index in [1.807, 2.05) is 0 Å². The molecule has 1 fully saturated rings. The predicted molar refractivity (Wildman–Crippen MR) is 52.5 cm³/mol. The minimum atomic E-state index is -0.273. The maximum Gasteiger partial charge on any atom is 0.221 e. The average molecular weight is 192 g/mol. The van der Waals surface area contributed by atoms with Gasteiger partial charge in [-0.25, -0.2) is 0 Å². The lowest BCUT2D eigenvalue weighted by Gasteiger charge is -1.91. The van der Waals surface area contributed by atoms with Gasteiger partial charge in [-0.3, -0.25) is 4.79 Å². The Bertz CT molecular complexity index is 97.4. The van der Waals surface area contributed by atoms with Crippen LogP contribution in [0.4, 0.5) is 0 Å². The van der Waals surface area contributed by atoms with E-state index in [2.05, 4.69) is 5.32 Å². The Morgan fingerprint density at radius 3 is 2.00 bits per heavy atom. The van der Waals surface area contributed by atoms with Crippen LogP contribution < -0.4 is 5.32 Å². The summed E-state index contributed by atoms with van der Waals surface area (Å²) in [5.41, 5.74) is 0. The standard InChI is InChI=1S/C6H13N.C3H5ClO/c1-2-4-6-7-5-3-1;1-2-3(4)5/h7H,1-6H2;2H2,1H3. The second kappa shape index (κ2) is 9.01. The van der Waals surface area contributed by atoms with Crippen molar-refractivity contribution >= 4 is 16.8 Å². The van der Waals surface area contributed by atoms with E-state index in [-0.39, 0.29) is 5.24 Å². The third-order valence-corrected chi connectivity index (χ3v) is 2.00. The summed E-state index contributed by atoms with van der Waals surface area (Å²) >= 11 is 4.82. The molecule has 0 spiro atoms. The lowest BCUT2D eigenvalue weighted by molar-refractivity contribution is -0.111. The summed E-state index contributed by atoms with van der Waals surface area (Å²) in [6.45, 7) is 4.22. The molecule has 0 aliphatic carbocycles. The largest absolute Gasteiger partial charge is 0.317 e. The van der Waals surface area contributed by atoms with Crippen molar-refractivity contribution in [1.82, 2.24) is 5.32 Å². The van der Waals surface area contributed by atoms with Crippen LogP contribution in [0.3, 0.4) is 0 Å². The molecule has 1 heterocycles. The first kappa shape index (κ1) is 11.9. The van der Waals surface area contributed by atoms with E-state index in [9.17, 15) is 4.79 Å². The first-order valence-electron chi connectivity index (χ1n) is 4.66. The van der Waals surface area contributed by atoms with Crippen LogP contribution in [-0.2, 0) is 4.79 Å². The van der Waals surface area contributed by atoms with Gasteiger partial charge in [0.1, 0.15) is 0 Å². The topological polar surface area (TPSA) is 29.1 Å². The van der Waals surface area contributed by atoms with E-state index in [0.717, 1.165) is 0 Å². The number of nitrogens with one attached hydrogen (secondary N) is 1. The molecule has 0 radical (unpaired) electrons.